The maximum atomic E-state index is 9.36. The summed E-state index contributed by atoms with van der Waals surface area (Å²) >= 11 is 0. The van der Waals surface area contributed by atoms with Crippen molar-refractivity contribution in [2.45, 2.75) is 12.5 Å². The van der Waals surface area contributed by atoms with Crippen LogP contribution in [0, 0.1) is 0 Å². The van der Waals surface area contributed by atoms with Gasteiger partial charge in [0.1, 0.15) is 0 Å². The van der Waals surface area contributed by atoms with Crippen LogP contribution in [-0.4, -0.2) is 42.5 Å². The van der Waals surface area contributed by atoms with E-state index in [1.165, 1.54) is 0 Å². The van der Waals surface area contributed by atoms with Crippen LogP contribution in [0.5, 0.6) is 0 Å². The van der Waals surface area contributed by atoms with E-state index in [-0.39, 0.29) is 5.76 Å². The Morgan fingerprint density at radius 1 is 1.45 bits per heavy atom. The average Bonchev–Trinajstić information content (AvgIpc) is 1.53. The smallest absolute Gasteiger partial charge is 0.0944 e. The molecule has 2 nitrogen and oxygen atoms in total. The molecule has 0 saturated heterocycles. The number of hydrogen-bond acceptors (Lipinski definition) is 2. The highest BCUT2D eigenvalue weighted by molar-refractivity contribution is 7.73. The Labute approximate surface area is 69.3 Å². The molecule has 11 heavy (non-hydrogen) atoms. The number of aliphatic hydroxyl groups is 2. The van der Waals surface area contributed by atoms with Crippen molar-refractivity contribution in [2.24, 2.45) is 0 Å². The zero-order valence-electron chi connectivity index (χ0n) is 7.54. The lowest BCUT2D eigenvalue weighted by molar-refractivity contribution is 0.180. The van der Waals surface area contributed by atoms with Crippen molar-refractivity contribution in [3.8, 4) is 0 Å². The predicted octanol–water partition coefficient (Wildman–Crippen LogP) is 1.72. The molecule has 0 fully saturated rings. The van der Waals surface area contributed by atoms with Gasteiger partial charge in [0.2, 0.25) is 0 Å². The highest BCUT2D eigenvalue weighted by Crippen LogP contribution is 2.47. The van der Waals surface area contributed by atoms with E-state index >= 15 is 0 Å². The van der Waals surface area contributed by atoms with Crippen LogP contribution in [0.3, 0.4) is 0 Å². The first-order valence-electron chi connectivity index (χ1n) is 3.66. The summed E-state index contributed by atoms with van der Waals surface area (Å²) in [4.78, 5) is 0. The van der Waals surface area contributed by atoms with Gasteiger partial charge in [0.25, 0.3) is 0 Å². The van der Waals surface area contributed by atoms with Gasteiger partial charge in [-0.1, -0.05) is 6.58 Å². The quantitative estimate of drug-likeness (QED) is 0.507. The third kappa shape index (κ3) is 7.83. The van der Waals surface area contributed by atoms with Crippen molar-refractivity contribution >= 4 is 7.26 Å². The molecule has 0 aliphatic rings. The van der Waals surface area contributed by atoms with Gasteiger partial charge < -0.3 is 10.2 Å². The Bertz CT molecular complexity index is 138. The van der Waals surface area contributed by atoms with Crippen LogP contribution < -0.4 is 0 Å². The van der Waals surface area contributed by atoms with E-state index in [2.05, 4.69) is 26.6 Å². The molecule has 0 aliphatic carbocycles. The summed E-state index contributed by atoms with van der Waals surface area (Å²) in [6.07, 6.45) is 0.699. The zero-order chi connectivity index (χ0) is 9.07. The molecule has 0 spiro atoms. The van der Waals surface area contributed by atoms with Crippen LogP contribution in [0.15, 0.2) is 12.3 Å². The SMILES string of the molecule is C=C(O)CC(O)C[P+](C)(C)C. The first-order valence-corrected chi connectivity index (χ1v) is 6.98. The number of hydrogen-bond donors (Lipinski definition) is 2. The van der Waals surface area contributed by atoms with Gasteiger partial charge in [-0.3, -0.25) is 0 Å². The normalized spacial score (nSPS) is 14.5. The van der Waals surface area contributed by atoms with Crippen molar-refractivity contribution in [3.63, 3.8) is 0 Å². The van der Waals surface area contributed by atoms with E-state index in [9.17, 15) is 5.11 Å². The Hall–Kier alpha value is -0.0700. The van der Waals surface area contributed by atoms with Crippen LogP contribution >= 0.6 is 7.26 Å². The summed E-state index contributed by atoms with van der Waals surface area (Å²) in [5.74, 6) is 0.0750. The minimum Gasteiger partial charge on any atom is -0.513 e. The molecule has 0 aromatic carbocycles. The summed E-state index contributed by atoms with van der Waals surface area (Å²) < 4.78 is 0. The molecule has 0 aliphatic heterocycles. The lowest BCUT2D eigenvalue weighted by Crippen LogP contribution is -2.14. The predicted molar refractivity (Wildman–Crippen MR) is 52.0 cm³/mol. The topological polar surface area (TPSA) is 40.5 Å². The summed E-state index contributed by atoms with van der Waals surface area (Å²) in [6.45, 7) is 9.82. The van der Waals surface area contributed by atoms with E-state index in [1.807, 2.05) is 0 Å². The molecule has 0 aromatic heterocycles. The minimum absolute atomic E-state index is 0.0750. The average molecular weight is 177 g/mol. The van der Waals surface area contributed by atoms with Crippen LogP contribution in [0.1, 0.15) is 6.42 Å². The molecule has 0 amide bonds. The number of aliphatic hydroxyl groups excluding tert-OH is 2. The fourth-order valence-electron chi connectivity index (χ4n) is 0.969. The Morgan fingerprint density at radius 2 is 1.91 bits per heavy atom. The summed E-state index contributed by atoms with van der Waals surface area (Å²) in [5.41, 5.74) is 0. The second kappa shape index (κ2) is 4.08. The van der Waals surface area contributed by atoms with E-state index < -0.39 is 13.4 Å². The third-order valence-corrected chi connectivity index (χ3v) is 2.75. The second-order valence-corrected chi connectivity index (χ2v) is 8.84. The molecular formula is C8H18O2P+. The molecule has 0 aromatic rings. The van der Waals surface area contributed by atoms with Crippen LogP contribution in [0.25, 0.3) is 0 Å². The van der Waals surface area contributed by atoms with Crippen LogP contribution in [0.2, 0.25) is 0 Å². The van der Waals surface area contributed by atoms with Gasteiger partial charge in [0, 0.05) is 33.7 Å². The summed E-state index contributed by atoms with van der Waals surface area (Å²) in [7, 11) is -0.930. The standard InChI is InChI=1S/C8H17O2P/c1-7(9)5-8(10)6-11(2,3)4/h8,10H,1,5-6H2,2-4H3/p+1. The zero-order valence-corrected chi connectivity index (χ0v) is 8.43. The van der Waals surface area contributed by atoms with Gasteiger partial charge >= 0.3 is 0 Å². The number of rotatable bonds is 4. The van der Waals surface area contributed by atoms with E-state index in [0.29, 0.717) is 6.42 Å². The minimum atomic E-state index is -0.930. The molecule has 1 atom stereocenters. The van der Waals surface area contributed by atoms with Gasteiger partial charge in [0.15, 0.2) is 0 Å². The Kier molecular flexibility index (Phi) is 4.05. The monoisotopic (exact) mass is 177 g/mol. The third-order valence-electron chi connectivity index (χ3n) is 1.23. The second-order valence-electron chi connectivity index (χ2n) is 3.90. The molecule has 66 valence electrons. The maximum Gasteiger partial charge on any atom is 0.0944 e. The van der Waals surface area contributed by atoms with Gasteiger partial charge in [-0.25, -0.2) is 0 Å². The molecule has 0 saturated carbocycles. The molecule has 2 N–H and O–H groups in total. The molecule has 0 radical (unpaired) electrons. The highest BCUT2D eigenvalue weighted by Gasteiger charge is 2.22. The van der Waals surface area contributed by atoms with E-state index in [4.69, 9.17) is 5.11 Å². The lowest BCUT2D eigenvalue weighted by Gasteiger charge is -2.15. The van der Waals surface area contributed by atoms with Crippen molar-refractivity contribution in [1.82, 2.24) is 0 Å². The molecule has 3 heteroatoms. The van der Waals surface area contributed by atoms with Gasteiger partial charge in [-0.05, 0) is 0 Å². The summed E-state index contributed by atoms with van der Waals surface area (Å²) in [6, 6.07) is 0. The lowest BCUT2D eigenvalue weighted by atomic mass is 10.2. The maximum absolute atomic E-state index is 9.36. The van der Waals surface area contributed by atoms with Crippen LogP contribution in [0.4, 0.5) is 0 Å². The van der Waals surface area contributed by atoms with Crippen LogP contribution in [-0.2, 0) is 0 Å². The highest BCUT2D eigenvalue weighted by atomic mass is 31.2. The van der Waals surface area contributed by atoms with Gasteiger partial charge in [0.05, 0.1) is 18.0 Å². The van der Waals surface area contributed by atoms with E-state index in [0.717, 1.165) is 6.16 Å². The Morgan fingerprint density at radius 3 is 2.18 bits per heavy atom. The summed E-state index contributed by atoms with van der Waals surface area (Å²) in [5, 5.41) is 18.1. The molecule has 0 rings (SSSR count). The fourth-order valence-corrected chi connectivity index (χ4v) is 2.36. The molecule has 1 unspecified atom stereocenters. The van der Waals surface area contributed by atoms with E-state index in [1.54, 1.807) is 0 Å². The van der Waals surface area contributed by atoms with Gasteiger partial charge in [-0.2, -0.15) is 0 Å². The van der Waals surface area contributed by atoms with Crippen molar-refractivity contribution in [3.05, 3.63) is 12.3 Å². The first-order chi connectivity index (χ1) is 4.81. The molecule has 0 bridgehead atoms. The molecule has 0 heterocycles. The first kappa shape index (κ1) is 10.9. The molecular weight excluding hydrogens is 159 g/mol. The largest absolute Gasteiger partial charge is 0.513 e. The Balaban J connectivity index is 3.69. The van der Waals surface area contributed by atoms with Crippen molar-refractivity contribution in [1.29, 1.82) is 0 Å². The van der Waals surface area contributed by atoms with Gasteiger partial charge in [-0.15, -0.1) is 0 Å². The van der Waals surface area contributed by atoms with Crippen molar-refractivity contribution < 1.29 is 10.2 Å². The van der Waals surface area contributed by atoms with Crippen molar-refractivity contribution in [2.75, 3.05) is 26.2 Å². The fraction of sp³-hybridized carbons (Fsp3) is 0.750.